The minimum Gasteiger partial charge on any atom is -0.382 e. The number of rotatable bonds is 4. The largest absolute Gasteiger partial charge is 0.382 e. The lowest BCUT2D eigenvalue weighted by molar-refractivity contribution is 0.0963. The van der Waals surface area contributed by atoms with E-state index in [1.54, 1.807) is 7.05 Å². The highest BCUT2D eigenvalue weighted by Gasteiger charge is 2.21. The van der Waals surface area contributed by atoms with Crippen molar-refractivity contribution in [3.05, 3.63) is 29.8 Å². The topological polar surface area (TPSA) is 41.1 Å². The van der Waals surface area contributed by atoms with Gasteiger partial charge in [0.1, 0.15) is 0 Å². The van der Waals surface area contributed by atoms with Gasteiger partial charge in [0.25, 0.3) is 5.91 Å². The van der Waals surface area contributed by atoms with Crippen LogP contribution in [0.1, 0.15) is 56.3 Å². The lowest BCUT2D eigenvalue weighted by Gasteiger charge is -2.20. The molecule has 1 amide bonds. The SMILES string of the molecule is CNC(=O)c1cccc(NC2CCCC(C(C)C)CC2)c1. The Morgan fingerprint density at radius 3 is 2.71 bits per heavy atom. The molecule has 0 aromatic heterocycles. The first kappa shape index (κ1) is 15.9. The van der Waals surface area contributed by atoms with Crippen LogP contribution in [0.4, 0.5) is 5.69 Å². The number of benzene rings is 1. The number of hydrogen-bond acceptors (Lipinski definition) is 2. The molecule has 3 nitrogen and oxygen atoms in total. The van der Waals surface area contributed by atoms with Crippen LogP contribution < -0.4 is 10.6 Å². The molecule has 2 atom stereocenters. The van der Waals surface area contributed by atoms with Gasteiger partial charge >= 0.3 is 0 Å². The van der Waals surface area contributed by atoms with Crippen molar-refractivity contribution in [3.8, 4) is 0 Å². The molecule has 2 unspecified atom stereocenters. The summed E-state index contributed by atoms with van der Waals surface area (Å²) in [6.45, 7) is 4.68. The zero-order valence-electron chi connectivity index (χ0n) is 13.5. The van der Waals surface area contributed by atoms with Crippen LogP contribution in [0, 0.1) is 11.8 Å². The molecule has 1 saturated carbocycles. The molecule has 2 N–H and O–H groups in total. The van der Waals surface area contributed by atoms with Crippen LogP contribution in [-0.2, 0) is 0 Å². The Morgan fingerprint density at radius 2 is 2.00 bits per heavy atom. The summed E-state index contributed by atoms with van der Waals surface area (Å²) in [5.41, 5.74) is 1.78. The van der Waals surface area contributed by atoms with E-state index < -0.39 is 0 Å². The molecule has 0 saturated heterocycles. The van der Waals surface area contributed by atoms with Crippen LogP contribution >= 0.6 is 0 Å². The molecule has 2 rings (SSSR count). The first-order valence-electron chi connectivity index (χ1n) is 8.19. The van der Waals surface area contributed by atoms with Crippen LogP contribution in [0.2, 0.25) is 0 Å². The molecule has 21 heavy (non-hydrogen) atoms. The van der Waals surface area contributed by atoms with Crippen molar-refractivity contribution in [2.24, 2.45) is 11.8 Å². The van der Waals surface area contributed by atoms with E-state index in [2.05, 4.69) is 30.5 Å². The van der Waals surface area contributed by atoms with Crippen LogP contribution in [0.3, 0.4) is 0 Å². The summed E-state index contributed by atoms with van der Waals surface area (Å²) < 4.78 is 0. The van der Waals surface area contributed by atoms with Crippen molar-refractivity contribution in [1.82, 2.24) is 5.32 Å². The second-order valence-corrected chi connectivity index (χ2v) is 6.51. The van der Waals surface area contributed by atoms with Gasteiger partial charge < -0.3 is 10.6 Å². The fraction of sp³-hybridized carbons (Fsp3) is 0.611. The summed E-state index contributed by atoms with van der Waals surface area (Å²) in [4.78, 5) is 11.7. The van der Waals surface area contributed by atoms with Crippen molar-refractivity contribution < 1.29 is 4.79 Å². The molecule has 1 aliphatic carbocycles. The van der Waals surface area contributed by atoms with Crippen LogP contribution in [0.15, 0.2) is 24.3 Å². The summed E-state index contributed by atoms with van der Waals surface area (Å²) in [5.74, 6) is 1.63. The van der Waals surface area contributed by atoms with Crippen molar-refractivity contribution in [2.75, 3.05) is 12.4 Å². The number of hydrogen-bond donors (Lipinski definition) is 2. The third-order valence-corrected chi connectivity index (χ3v) is 4.68. The van der Waals surface area contributed by atoms with Crippen LogP contribution in [0.5, 0.6) is 0 Å². The quantitative estimate of drug-likeness (QED) is 0.820. The molecule has 0 radical (unpaired) electrons. The van der Waals surface area contributed by atoms with Gasteiger partial charge in [-0.25, -0.2) is 0 Å². The maximum Gasteiger partial charge on any atom is 0.251 e. The zero-order chi connectivity index (χ0) is 15.2. The van der Waals surface area contributed by atoms with Crippen molar-refractivity contribution in [2.45, 2.75) is 52.0 Å². The first-order valence-corrected chi connectivity index (χ1v) is 8.19. The molecule has 0 spiro atoms. The highest BCUT2D eigenvalue weighted by molar-refractivity contribution is 5.94. The number of nitrogens with one attached hydrogen (secondary N) is 2. The molecule has 1 aliphatic rings. The lowest BCUT2D eigenvalue weighted by atomic mass is 9.89. The second-order valence-electron chi connectivity index (χ2n) is 6.51. The third kappa shape index (κ3) is 4.48. The number of anilines is 1. The van der Waals surface area contributed by atoms with E-state index in [0.717, 1.165) is 23.1 Å². The first-order chi connectivity index (χ1) is 10.1. The lowest BCUT2D eigenvalue weighted by Crippen LogP contribution is -2.20. The normalized spacial score (nSPS) is 22.7. The summed E-state index contributed by atoms with van der Waals surface area (Å²) >= 11 is 0. The minimum absolute atomic E-state index is 0.0283. The highest BCUT2D eigenvalue weighted by atomic mass is 16.1. The van der Waals surface area contributed by atoms with Gasteiger partial charge in [0.05, 0.1) is 0 Å². The second kappa shape index (κ2) is 7.48. The fourth-order valence-electron chi connectivity index (χ4n) is 3.27. The molecule has 1 aromatic rings. The maximum absolute atomic E-state index is 11.7. The predicted molar refractivity (Wildman–Crippen MR) is 88.7 cm³/mol. The summed E-state index contributed by atoms with van der Waals surface area (Å²) in [6, 6.07) is 8.33. The van der Waals surface area contributed by atoms with Crippen LogP contribution in [-0.4, -0.2) is 19.0 Å². The average molecular weight is 288 g/mol. The third-order valence-electron chi connectivity index (χ3n) is 4.68. The Hall–Kier alpha value is -1.51. The molecular weight excluding hydrogens is 260 g/mol. The zero-order valence-corrected chi connectivity index (χ0v) is 13.5. The van der Waals surface area contributed by atoms with E-state index in [0.29, 0.717) is 6.04 Å². The van der Waals surface area contributed by atoms with Gasteiger partial charge in [0.2, 0.25) is 0 Å². The number of amides is 1. The van der Waals surface area contributed by atoms with Crippen molar-refractivity contribution in [3.63, 3.8) is 0 Å². The Kier molecular flexibility index (Phi) is 5.66. The summed E-state index contributed by atoms with van der Waals surface area (Å²) in [5, 5.41) is 6.29. The number of carbonyl (C=O) groups excluding carboxylic acids is 1. The van der Waals surface area contributed by atoms with E-state index in [4.69, 9.17) is 0 Å². The maximum atomic E-state index is 11.7. The van der Waals surface area contributed by atoms with Crippen molar-refractivity contribution >= 4 is 11.6 Å². The van der Waals surface area contributed by atoms with Gasteiger partial charge in [-0.2, -0.15) is 0 Å². The fourth-order valence-corrected chi connectivity index (χ4v) is 3.27. The Bertz CT molecular complexity index is 470. The monoisotopic (exact) mass is 288 g/mol. The molecule has 0 aliphatic heterocycles. The predicted octanol–water partition coefficient (Wildman–Crippen LogP) is 4.06. The standard InChI is InChI=1S/C18H28N2O/c1-13(2)14-6-4-8-16(11-10-14)20-17-9-5-7-15(12-17)18(21)19-3/h5,7,9,12-14,16,20H,4,6,8,10-11H2,1-3H3,(H,19,21). The minimum atomic E-state index is -0.0283. The van der Waals surface area contributed by atoms with Gasteiger partial charge in [-0.15, -0.1) is 0 Å². The van der Waals surface area contributed by atoms with Gasteiger partial charge in [-0.3, -0.25) is 4.79 Å². The molecule has 0 bridgehead atoms. The Morgan fingerprint density at radius 1 is 1.19 bits per heavy atom. The Labute approximate surface area is 128 Å². The smallest absolute Gasteiger partial charge is 0.251 e. The van der Waals surface area contributed by atoms with E-state index in [9.17, 15) is 4.79 Å². The van der Waals surface area contributed by atoms with Crippen LogP contribution in [0.25, 0.3) is 0 Å². The van der Waals surface area contributed by atoms with E-state index in [1.165, 1.54) is 32.1 Å². The van der Waals surface area contributed by atoms with E-state index in [1.807, 2.05) is 18.2 Å². The van der Waals surface area contributed by atoms with Crippen molar-refractivity contribution in [1.29, 1.82) is 0 Å². The van der Waals surface area contributed by atoms with E-state index >= 15 is 0 Å². The molecule has 116 valence electrons. The van der Waals surface area contributed by atoms with Gasteiger partial charge in [0.15, 0.2) is 0 Å². The molecule has 3 heteroatoms. The van der Waals surface area contributed by atoms with Gasteiger partial charge in [0, 0.05) is 24.3 Å². The van der Waals surface area contributed by atoms with Gasteiger partial charge in [-0.05, 0) is 49.3 Å². The molecule has 1 fully saturated rings. The van der Waals surface area contributed by atoms with E-state index in [-0.39, 0.29) is 5.91 Å². The molecular formula is C18H28N2O. The summed E-state index contributed by atoms with van der Waals surface area (Å²) in [7, 11) is 1.67. The molecule has 1 aromatic carbocycles. The average Bonchev–Trinajstić information content (AvgIpc) is 2.72. The van der Waals surface area contributed by atoms with Gasteiger partial charge in [-0.1, -0.05) is 32.8 Å². The molecule has 0 heterocycles. The Balaban J connectivity index is 1.97. The summed E-state index contributed by atoms with van der Waals surface area (Å²) in [6.07, 6.45) is 6.43. The number of carbonyl (C=O) groups is 1. The highest BCUT2D eigenvalue weighted by Crippen LogP contribution is 2.30.